The summed E-state index contributed by atoms with van der Waals surface area (Å²) >= 11 is 7.46. The van der Waals surface area contributed by atoms with Gasteiger partial charge in [-0.25, -0.2) is 0 Å². The normalized spacial score (nSPS) is 12.1. The van der Waals surface area contributed by atoms with Gasteiger partial charge in [-0.1, -0.05) is 30.7 Å². The van der Waals surface area contributed by atoms with Crippen LogP contribution in [-0.4, -0.2) is 17.5 Å². The molecule has 1 unspecified atom stereocenters. The van der Waals surface area contributed by atoms with Gasteiger partial charge >= 0.3 is 0 Å². The van der Waals surface area contributed by atoms with Crippen molar-refractivity contribution < 1.29 is 9.84 Å². The van der Waals surface area contributed by atoms with Crippen molar-refractivity contribution in [2.45, 2.75) is 24.3 Å². The molecule has 2 rings (SSSR count). The molecule has 0 amide bonds. The predicted octanol–water partition coefficient (Wildman–Crippen LogP) is 4.95. The topological polar surface area (TPSA) is 29.5 Å². The van der Waals surface area contributed by atoms with E-state index in [9.17, 15) is 5.11 Å². The standard InChI is InChI=1S/C17H19ClO2S/c1-2-11-20-15-7-3-13(4-8-15)17(19)12-21-16-9-5-14(18)6-10-16/h3-10,17,19H,2,11-12H2,1H3. The fourth-order valence-electron chi connectivity index (χ4n) is 1.81. The first-order valence-corrected chi connectivity index (χ1v) is 8.34. The second-order valence-corrected chi connectivity index (χ2v) is 6.23. The van der Waals surface area contributed by atoms with Crippen LogP contribution in [0.1, 0.15) is 25.0 Å². The largest absolute Gasteiger partial charge is 0.494 e. The summed E-state index contributed by atoms with van der Waals surface area (Å²) in [6, 6.07) is 15.3. The van der Waals surface area contributed by atoms with Gasteiger partial charge in [0.15, 0.2) is 0 Å². The van der Waals surface area contributed by atoms with Gasteiger partial charge in [-0.3, -0.25) is 0 Å². The van der Waals surface area contributed by atoms with Crippen LogP contribution in [0.4, 0.5) is 0 Å². The Hall–Kier alpha value is -1.16. The monoisotopic (exact) mass is 322 g/mol. The molecule has 0 bridgehead atoms. The minimum absolute atomic E-state index is 0.495. The summed E-state index contributed by atoms with van der Waals surface area (Å²) < 4.78 is 5.53. The van der Waals surface area contributed by atoms with E-state index < -0.39 is 6.10 Å². The van der Waals surface area contributed by atoms with Crippen LogP contribution in [0.5, 0.6) is 5.75 Å². The van der Waals surface area contributed by atoms with Gasteiger partial charge in [0.25, 0.3) is 0 Å². The van der Waals surface area contributed by atoms with E-state index in [1.165, 1.54) is 0 Å². The van der Waals surface area contributed by atoms with Gasteiger partial charge < -0.3 is 9.84 Å². The highest BCUT2D eigenvalue weighted by Gasteiger charge is 2.08. The third-order valence-corrected chi connectivity index (χ3v) is 4.30. The molecule has 0 saturated heterocycles. The van der Waals surface area contributed by atoms with Crippen molar-refractivity contribution in [2.24, 2.45) is 0 Å². The summed E-state index contributed by atoms with van der Waals surface area (Å²) in [6.45, 7) is 2.79. The molecule has 0 heterocycles. The van der Waals surface area contributed by atoms with E-state index >= 15 is 0 Å². The lowest BCUT2D eigenvalue weighted by atomic mass is 10.1. The molecule has 21 heavy (non-hydrogen) atoms. The molecule has 0 aliphatic rings. The zero-order valence-corrected chi connectivity index (χ0v) is 13.5. The van der Waals surface area contributed by atoms with Crippen molar-refractivity contribution in [1.29, 1.82) is 0 Å². The molecular weight excluding hydrogens is 304 g/mol. The van der Waals surface area contributed by atoms with Crippen LogP contribution < -0.4 is 4.74 Å². The minimum Gasteiger partial charge on any atom is -0.494 e. The fourth-order valence-corrected chi connectivity index (χ4v) is 2.81. The summed E-state index contributed by atoms with van der Waals surface area (Å²) in [6.07, 6.45) is 0.494. The summed E-state index contributed by atoms with van der Waals surface area (Å²) in [7, 11) is 0. The van der Waals surface area contributed by atoms with E-state index in [1.54, 1.807) is 11.8 Å². The Morgan fingerprint density at radius 3 is 2.38 bits per heavy atom. The summed E-state index contributed by atoms with van der Waals surface area (Å²) in [4.78, 5) is 1.10. The molecule has 0 spiro atoms. The van der Waals surface area contributed by atoms with Crippen molar-refractivity contribution in [3.8, 4) is 5.75 Å². The number of aliphatic hydroxyl groups is 1. The molecule has 1 atom stereocenters. The van der Waals surface area contributed by atoms with Gasteiger partial charge in [0.1, 0.15) is 5.75 Å². The highest BCUT2D eigenvalue weighted by atomic mass is 35.5. The Morgan fingerprint density at radius 1 is 1.10 bits per heavy atom. The maximum Gasteiger partial charge on any atom is 0.119 e. The Morgan fingerprint density at radius 2 is 1.76 bits per heavy atom. The van der Waals surface area contributed by atoms with Crippen molar-refractivity contribution in [2.75, 3.05) is 12.4 Å². The number of thioether (sulfide) groups is 1. The molecule has 0 aliphatic carbocycles. The molecule has 4 heteroatoms. The number of hydrogen-bond donors (Lipinski definition) is 1. The average Bonchev–Trinajstić information content (AvgIpc) is 2.52. The maximum absolute atomic E-state index is 10.2. The van der Waals surface area contributed by atoms with Crippen LogP contribution >= 0.6 is 23.4 Å². The molecular formula is C17H19ClO2S. The predicted molar refractivity (Wildman–Crippen MR) is 89.4 cm³/mol. The maximum atomic E-state index is 10.2. The third-order valence-electron chi connectivity index (χ3n) is 2.96. The smallest absolute Gasteiger partial charge is 0.119 e. The molecule has 0 radical (unpaired) electrons. The Balaban J connectivity index is 1.87. The molecule has 0 fully saturated rings. The first kappa shape index (κ1) is 16.2. The highest BCUT2D eigenvalue weighted by Crippen LogP contribution is 2.26. The molecule has 0 saturated carbocycles. The third kappa shape index (κ3) is 5.27. The first-order valence-electron chi connectivity index (χ1n) is 6.98. The van der Waals surface area contributed by atoms with Gasteiger partial charge in [0.2, 0.25) is 0 Å². The molecule has 112 valence electrons. The van der Waals surface area contributed by atoms with Crippen LogP contribution in [-0.2, 0) is 0 Å². The first-order chi connectivity index (χ1) is 10.2. The number of benzene rings is 2. The quantitative estimate of drug-likeness (QED) is 0.731. The van der Waals surface area contributed by atoms with Crippen molar-refractivity contribution >= 4 is 23.4 Å². The van der Waals surface area contributed by atoms with Crippen LogP contribution in [0.15, 0.2) is 53.4 Å². The number of halogens is 1. The Labute approximate surface area is 135 Å². The number of hydrogen-bond acceptors (Lipinski definition) is 3. The van der Waals surface area contributed by atoms with Gasteiger partial charge in [-0.15, -0.1) is 11.8 Å². The lowest BCUT2D eigenvalue weighted by molar-refractivity contribution is 0.204. The minimum atomic E-state index is -0.495. The second kappa shape index (κ2) is 8.32. The molecule has 1 N–H and O–H groups in total. The number of aliphatic hydroxyl groups excluding tert-OH is 1. The lowest BCUT2D eigenvalue weighted by Gasteiger charge is -2.12. The molecule has 2 aromatic rings. The number of rotatable bonds is 7. The molecule has 0 aliphatic heterocycles. The van der Waals surface area contributed by atoms with E-state index in [1.807, 2.05) is 48.5 Å². The van der Waals surface area contributed by atoms with Gasteiger partial charge in [0, 0.05) is 15.7 Å². The van der Waals surface area contributed by atoms with E-state index in [0.29, 0.717) is 12.4 Å². The summed E-state index contributed by atoms with van der Waals surface area (Å²) in [5, 5.41) is 10.9. The zero-order valence-electron chi connectivity index (χ0n) is 12.0. The molecule has 2 aromatic carbocycles. The van der Waals surface area contributed by atoms with Crippen molar-refractivity contribution in [3.05, 3.63) is 59.1 Å². The van der Waals surface area contributed by atoms with Gasteiger partial charge in [-0.2, -0.15) is 0 Å². The Bertz CT molecular complexity index is 540. The van der Waals surface area contributed by atoms with E-state index in [0.717, 1.165) is 27.7 Å². The Kier molecular flexibility index (Phi) is 6.43. The van der Waals surface area contributed by atoms with Crippen LogP contribution in [0, 0.1) is 0 Å². The van der Waals surface area contributed by atoms with E-state index in [2.05, 4.69) is 6.92 Å². The zero-order chi connectivity index (χ0) is 15.1. The molecule has 2 nitrogen and oxygen atoms in total. The SMILES string of the molecule is CCCOc1ccc(C(O)CSc2ccc(Cl)cc2)cc1. The van der Waals surface area contributed by atoms with Crippen molar-refractivity contribution in [1.82, 2.24) is 0 Å². The fraction of sp³-hybridized carbons (Fsp3) is 0.294. The summed E-state index contributed by atoms with van der Waals surface area (Å²) in [5.74, 6) is 1.45. The van der Waals surface area contributed by atoms with Crippen LogP contribution in [0.2, 0.25) is 5.02 Å². The van der Waals surface area contributed by atoms with Gasteiger partial charge in [0.05, 0.1) is 12.7 Å². The molecule has 0 aromatic heterocycles. The average molecular weight is 323 g/mol. The summed E-state index contributed by atoms with van der Waals surface area (Å²) in [5.41, 5.74) is 0.903. The highest BCUT2D eigenvalue weighted by molar-refractivity contribution is 7.99. The van der Waals surface area contributed by atoms with Crippen LogP contribution in [0.3, 0.4) is 0 Å². The van der Waals surface area contributed by atoms with Gasteiger partial charge in [-0.05, 0) is 48.4 Å². The van der Waals surface area contributed by atoms with E-state index in [-0.39, 0.29) is 0 Å². The van der Waals surface area contributed by atoms with Crippen LogP contribution in [0.25, 0.3) is 0 Å². The number of ether oxygens (including phenoxy) is 1. The van der Waals surface area contributed by atoms with E-state index in [4.69, 9.17) is 16.3 Å². The lowest BCUT2D eigenvalue weighted by Crippen LogP contribution is -2.01. The van der Waals surface area contributed by atoms with Crippen molar-refractivity contribution in [3.63, 3.8) is 0 Å². The second-order valence-electron chi connectivity index (χ2n) is 4.70.